The minimum absolute atomic E-state index is 0.790. The lowest BCUT2D eigenvalue weighted by atomic mass is 9.99. The Morgan fingerprint density at radius 3 is 3.00 bits per heavy atom. The Labute approximate surface area is 108 Å². The molecule has 0 spiro atoms. The van der Waals surface area contributed by atoms with Gasteiger partial charge in [0.15, 0.2) is 5.13 Å². The normalized spacial score (nSPS) is 20.5. The van der Waals surface area contributed by atoms with Crippen LogP contribution in [0.4, 0.5) is 5.13 Å². The third kappa shape index (κ3) is 3.42. The van der Waals surface area contributed by atoms with Crippen molar-refractivity contribution in [1.82, 2.24) is 10.3 Å². The molecule has 0 amide bonds. The number of aromatic nitrogens is 1. The molecule has 1 aliphatic rings. The van der Waals surface area contributed by atoms with Crippen molar-refractivity contribution in [1.29, 1.82) is 0 Å². The Balaban J connectivity index is 1.95. The van der Waals surface area contributed by atoms with Crippen molar-refractivity contribution in [2.45, 2.75) is 33.1 Å². The van der Waals surface area contributed by atoms with Crippen molar-refractivity contribution in [2.75, 3.05) is 31.1 Å². The van der Waals surface area contributed by atoms with Gasteiger partial charge in [-0.1, -0.05) is 6.92 Å². The fourth-order valence-corrected chi connectivity index (χ4v) is 3.32. The summed E-state index contributed by atoms with van der Waals surface area (Å²) >= 11 is 1.79. The summed E-state index contributed by atoms with van der Waals surface area (Å²) in [5, 5.41) is 6.88. The molecule has 1 saturated heterocycles. The summed E-state index contributed by atoms with van der Waals surface area (Å²) in [4.78, 5) is 7.12. The Kier molecular flexibility index (Phi) is 4.80. The van der Waals surface area contributed by atoms with Gasteiger partial charge < -0.3 is 10.2 Å². The summed E-state index contributed by atoms with van der Waals surface area (Å²) in [6, 6.07) is 0. The molecule has 2 rings (SSSR count). The van der Waals surface area contributed by atoms with Crippen LogP contribution in [0.1, 0.15) is 32.4 Å². The van der Waals surface area contributed by atoms with E-state index >= 15 is 0 Å². The van der Waals surface area contributed by atoms with E-state index in [1.165, 1.54) is 36.8 Å². The lowest BCUT2D eigenvalue weighted by molar-refractivity contribution is 0.378. The average molecular weight is 253 g/mol. The minimum atomic E-state index is 0.790. The number of hydrogen-bond donors (Lipinski definition) is 1. The number of nitrogens with zero attached hydrogens (tertiary/aromatic N) is 2. The molecule has 1 aromatic rings. The van der Waals surface area contributed by atoms with Crippen molar-refractivity contribution in [3.63, 3.8) is 0 Å². The smallest absolute Gasteiger partial charge is 0.185 e. The monoisotopic (exact) mass is 253 g/mol. The minimum Gasteiger partial charge on any atom is -0.348 e. The van der Waals surface area contributed by atoms with Crippen LogP contribution >= 0.6 is 11.3 Å². The van der Waals surface area contributed by atoms with Gasteiger partial charge in [-0.15, -0.1) is 11.3 Å². The molecule has 1 unspecified atom stereocenters. The second-order valence-corrected chi connectivity index (χ2v) is 5.56. The molecular formula is C13H23N3S. The fraction of sp³-hybridized carbons (Fsp3) is 0.769. The average Bonchev–Trinajstić information content (AvgIpc) is 2.86. The number of nitrogens with one attached hydrogen (secondary N) is 1. The van der Waals surface area contributed by atoms with E-state index in [0.29, 0.717) is 0 Å². The van der Waals surface area contributed by atoms with Crippen molar-refractivity contribution >= 4 is 16.5 Å². The Bertz CT molecular complexity index is 331. The third-order valence-corrected chi connectivity index (χ3v) is 4.38. The quantitative estimate of drug-likeness (QED) is 0.874. The lowest BCUT2D eigenvalue weighted by Gasteiger charge is -2.29. The predicted molar refractivity (Wildman–Crippen MR) is 75.0 cm³/mol. The van der Waals surface area contributed by atoms with Crippen molar-refractivity contribution in [3.05, 3.63) is 11.1 Å². The summed E-state index contributed by atoms with van der Waals surface area (Å²) in [6.45, 7) is 8.97. The first-order chi connectivity index (χ1) is 8.33. The fourth-order valence-electron chi connectivity index (χ4n) is 2.34. The molecule has 0 aromatic carbocycles. The molecule has 3 nitrogen and oxygen atoms in total. The van der Waals surface area contributed by atoms with Gasteiger partial charge in [0, 0.05) is 18.5 Å². The zero-order chi connectivity index (χ0) is 12.1. The van der Waals surface area contributed by atoms with Crippen LogP contribution in [0.3, 0.4) is 0 Å². The third-order valence-electron chi connectivity index (χ3n) is 3.43. The maximum Gasteiger partial charge on any atom is 0.185 e. The lowest BCUT2D eigenvalue weighted by Crippen LogP contribution is -2.38. The van der Waals surface area contributed by atoms with Gasteiger partial charge in [0.1, 0.15) is 0 Å². The summed E-state index contributed by atoms with van der Waals surface area (Å²) in [5.74, 6) is 0.790. The highest BCUT2D eigenvalue weighted by molar-refractivity contribution is 7.13. The standard InChI is InChI=1S/C13H23N3S/c1-3-12-10-17-13(15-12)16(4-2)9-11-6-5-7-14-8-11/h10-11,14H,3-9H2,1-2H3. The molecule has 0 saturated carbocycles. The first kappa shape index (κ1) is 12.8. The zero-order valence-electron chi connectivity index (χ0n) is 10.9. The maximum atomic E-state index is 4.69. The molecule has 0 radical (unpaired) electrons. The number of thiazole rings is 1. The molecule has 4 heteroatoms. The number of hydrogen-bond acceptors (Lipinski definition) is 4. The number of piperidine rings is 1. The largest absolute Gasteiger partial charge is 0.348 e. The highest BCUT2D eigenvalue weighted by Crippen LogP contribution is 2.23. The van der Waals surface area contributed by atoms with Crippen LogP contribution in [0.5, 0.6) is 0 Å². The Morgan fingerprint density at radius 1 is 1.53 bits per heavy atom. The first-order valence-corrected chi connectivity index (χ1v) is 7.61. The van der Waals surface area contributed by atoms with Gasteiger partial charge in [-0.3, -0.25) is 0 Å². The van der Waals surface area contributed by atoms with E-state index in [9.17, 15) is 0 Å². The summed E-state index contributed by atoms with van der Waals surface area (Å²) in [6.07, 6.45) is 3.72. The summed E-state index contributed by atoms with van der Waals surface area (Å²) in [7, 11) is 0. The molecular weight excluding hydrogens is 230 g/mol. The van der Waals surface area contributed by atoms with Crippen LogP contribution in [-0.4, -0.2) is 31.2 Å². The molecule has 0 bridgehead atoms. The second kappa shape index (κ2) is 6.36. The van der Waals surface area contributed by atoms with E-state index < -0.39 is 0 Å². The van der Waals surface area contributed by atoms with E-state index in [1.54, 1.807) is 11.3 Å². The zero-order valence-corrected chi connectivity index (χ0v) is 11.7. The Morgan fingerprint density at radius 2 is 2.41 bits per heavy atom. The number of anilines is 1. The highest BCUT2D eigenvalue weighted by atomic mass is 32.1. The highest BCUT2D eigenvalue weighted by Gasteiger charge is 2.18. The molecule has 17 heavy (non-hydrogen) atoms. The van der Waals surface area contributed by atoms with Crippen LogP contribution < -0.4 is 10.2 Å². The van der Waals surface area contributed by atoms with Gasteiger partial charge >= 0.3 is 0 Å². The van der Waals surface area contributed by atoms with Gasteiger partial charge in [-0.2, -0.15) is 0 Å². The molecule has 1 fully saturated rings. The first-order valence-electron chi connectivity index (χ1n) is 6.73. The summed E-state index contributed by atoms with van der Waals surface area (Å²) < 4.78 is 0. The molecule has 1 aliphatic heterocycles. The number of aryl methyl sites for hydroxylation is 1. The SMILES string of the molecule is CCc1csc(N(CC)CC2CCCNC2)n1. The van der Waals surface area contributed by atoms with Crippen LogP contribution in [0.2, 0.25) is 0 Å². The molecule has 0 aliphatic carbocycles. The van der Waals surface area contributed by atoms with Crippen LogP contribution in [0.25, 0.3) is 0 Å². The topological polar surface area (TPSA) is 28.2 Å². The van der Waals surface area contributed by atoms with Gasteiger partial charge in [0.2, 0.25) is 0 Å². The molecule has 1 N–H and O–H groups in total. The van der Waals surface area contributed by atoms with E-state index in [1.807, 2.05) is 0 Å². The Hall–Kier alpha value is -0.610. The van der Waals surface area contributed by atoms with Crippen molar-refractivity contribution in [3.8, 4) is 0 Å². The van der Waals surface area contributed by atoms with Crippen LogP contribution in [0, 0.1) is 5.92 Å². The van der Waals surface area contributed by atoms with Crippen molar-refractivity contribution in [2.24, 2.45) is 5.92 Å². The molecule has 1 atom stereocenters. The van der Waals surface area contributed by atoms with E-state index in [2.05, 4.69) is 34.4 Å². The van der Waals surface area contributed by atoms with Crippen LogP contribution in [0.15, 0.2) is 5.38 Å². The van der Waals surface area contributed by atoms with Gasteiger partial charge in [0.25, 0.3) is 0 Å². The maximum absolute atomic E-state index is 4.69. The molecule has 1 aromatic heterocycles. The number of rotatable bonds is 5. The van der Waals surface area contributed by atoms with E-state index in [-0.39, 0.29) is 0 Å². The van der Waals surface area contributed by atoms with E-state index in [0.717, 1.165) is 25.4 Å². The van der Waals surface area contributed by atoms with Crippen LogP contribution in [-0.2, 0) is 6.42 Å². The van der Waals surface area contributed by atoms with Gasteiger partial charge in [-0.05, 0) is 45.2 Å². The molecule has 2 heterocycles. The van der Waals surface area contributed by atoms with Gasteiger partial charge in [0.05, 0.1) is 5.69 Å². The predicted octanol–water partition coefficient (Wildman–Crippen LogP) is 2.53. The van der Waals surface area contributed by atoms with Crippen molar-refractivity contribution < 1.29 is 0 Å². The van der Waals surface area contributed by atoms with E-state index in [4.69, 9.17) is 0 Å². The molecule has 96 valence electrons. The second-order valence-electron chi connectivity index (χ2n) is 4.73. The summed E-state index contributed by atoms with van der Waals surface area (Å²) in [5.41, 5.74) is 1.23. The van der Waals surface area contributed by atoms with Gasteiger partial charge in [-0.25, -0.2) is 4.98 Å².